The van der Waals surface area contributed by atoms with Crippen LogP contribution < -0.4 is 22.2 Å². The molecule has 2 aliphatic rings. The lowest BCUT2D eigenvalue weighted by molar-refractivity contribution is -0.885. The van der Waals surface area contributed by atoms with Crippen LogP contribution in [0.25, 0.3) is 10.4 Å². The number of aromatic carboxylic acids is 1. The third-order valence-electron chi connectivity index (χ3n) is 7.29. The molecule has 1 aliphatic carbocycles. The van der Waals surface area contributed by atoms with Gasteiger partial charge in [-0.25, -0.2) is 4.79 Å². The molecule has 0 spiro atoms. The van der Waals surface area contributed by atoms with Crippen molar-refractivity contribution in [1.29, 1.82) is 0 Å². The number of carboxylic acids is 1. The zero-order chi connectivity index (χ0) is 22.7. The predicted molar refractivity (Wildman–Crippen MR) is 130 cm³/mol. The van der Waals surface area contributed by atoms with Gasteiger partial charge in [0.15, 0.2) is 0 Å². The molecule has 0 atom stereocenters. The van der Waals surface area contributed by atoms with Crippen LogP contribution in [0.5, 0.6) is 0 Å². The summed E-state index contributed by atoms with van der Waals surface area (Å²) in [5.41, 5.74) is 1.59. The van der Waals surface area contributed by atoms with Crippen molar-refractivity contribution in [3.63, 3.8) is 0 Å². The van der Waals surface area contributed by atoms with Crippen LogP contribution in [0, 0.1) is 17.8 Å². The summed E-state index contributed by atoms with van der Waals surface area (Å²) in [5.74, 6) is 0.277. The van der Waals surface area contributed by atoms with Crippen molar-refractivity contribution >= 4 is 28.9 Å². The number of nitrogens with zero attached hydrogens (tertiary/aromatic N) is 1. The SMILES string of the molecule is CC1CCC(C(=O)N(CC2CC[NH+](C)CC2)c2cc(-c3ccccc3)sc2C(=O)O)CC1.[Cl-]. The second-order valence-corrected chi connectivity index (χ2v) is 10.9. The number of carbonyl (C=O) groups excluding carboxylic acids is 1. The van der Waals surface area contributed by atoms with Crippen molar-refractivity contribution in [2.75, 3.05) is 31.6 Å². The molecule has 2 N–H and O–H groups in total. The van der Waals surface area contributed by atoms with Gasteiger partial charge in [-0.3, -0.25) is 4.79 Å². The van der Waals surface area contributed by atoms with Crippen LogP contribution in [0.1, 0.15) is 55.1 Å². The summed E-state index contributed by atoms with van der Waals surface area (Å²) in [7, 11) is 2.22. The summed E-state index contributed by atoms with van der Waals surface area (Å²) < 4.78 is 0. The van der Waals surface area contributed by atoms with Gasteiger partial charge in [-0.1, -0.05) is 37.3 Å². The number of likely N-dealkylation sites (tertiary alicyclic amines) is 1. The van der Waals surface area contributed by atoms with Crippen molar-refractivity contribution in [2.45, 2.75) is 45.4 Å². The van der Waals surface area contributed by atoms with E-state index in [-0.39, 0.29) is 29.1 Å². The highest BCUT2D eigenvalue weighted by Crippen LogP contribution is 2.39. The van der Waals surface area contributed by atoms with Gasteiger partial charge in [0.25, 0.3) is 0 Å². The van der Waals surface area contributed by atoms with Crippen LogP contribution in [0.15, 0.2) is 36.4 Å². The first kappa shape index (κ1) is 25.7. The Morgan fingerprint density at radius 1 is 1.06 bits per heavy atom. The summed E-state index contributed by atoms with van der Waals surface area (Å²) >= 11 is 1.28. The van der Waals surface area contributed by atoms with E-state index in [4.69, 9.17) is 0 Å². The monoisotopic (exact) mass is 490 g/mol. The Hall–Kier alpha value is -1.89. The van der Waals surface area contributed by atoms with E-state index in [2.05, 4.69) is 14.0 Å². The molecule has 33 heavy (non-hydrogen) atoms. The first-order valence-corrected chi connectivity index (χ1v) is 12.8. The van der Waals surface area contributed by atoms with Gasteiger partial charge < -0.3 is 27.3 Å². The summed E-state index contributed by atoms with van der Waals surface area (Å²) in [4.78, 5) is 30.6. The average Bonchev–Trinajstić information content (AvgIpc) is 3.25. The maximum atomic E-state index is 13.8. The van der Waals surface area contributed by atoms with E-state index in [1.165, 1.54) is 16.2 Å². The van der Waals surface area contributed by atoms with Gasteiger partial charge in [-0.2, -0.15) is 0 Å². The number of carbonyl (C=O) groups is 2. The Morgan fingerprint density at radius 2 is 1.70 bits per heavy atom. The molecule has 2 aromatic rings. The Labute approximate surface area is 207 Å². The number of anilines is 1. The van der Waals surface area contributed by atoms with Gasteiger partial charge in [0.2, 0.25) is 5.91 Å². The second kappa shape index (κ2) is 11.5. The molecule has 1 saturated carbocycles. The number of benzene rings is 1. The number of rotatable bonds is 6. The smallest absolute Gasteiger partial charge is 0.348 e. The molecule has 4 rings (SSSR count). The fraction of sp³-hybridized carbons (Fsp3) is 0.538. The molecule has 1 amide bonds. The standard InChI is InChI=1S/C26H34N2O3S.ClH/c1-18-8-10-21(11-9-18)25(29)28(17-19-12-14-27(2)15-13-19)22-16-23(32-24(22)26(30)31)20-6-4-3-5-7-20;/h3-7,16,18-19,21H,8-15,17H2,1-2H3,(H,30,31);1H. The molecule has 0 bridgehead atoms. The fourth-order valence-electron chi connectivity index (χ4n) is 5.13. The predicted octanol–water partition coefficient (Wildman–Crippen LogP) is 1.20. The lowest BCUT2D eigenvalue weighted by Gasteiger charge is -2.35. The normalized spacial score (nSPS) is 25.2. The molecule has 1 saturated heterocycles. The number of quaternary nitrogens is 1. The Kier molecular flexibility index (Phi) is 8.96. The molecule has 1 aromatic heterocycles. The van der Waals surface area contributed by atoms with Crippen molar-refractivity contribution in [1.82, 2.24) is 0 Å². The van der Waals surface area contributed by atoms with Crippen LogP contribution in [0.4, 0.5) is 5.69 Å². The Balaban J connectivity index is 0.00000306. The third-order valence-corrected chi connectivity index (χ3v) is 8.45. The molecular weight excluding hydrogens is 456 g/mol. The van der Waals surface area contributed by atoms with E-state index in [1.807, 2.05) is 41.3 Å². The molecule has 0 unspecified atom stereocenters. The van der Waals surface area contributed by atoms with Crippen LogP contribution in [0.2, 0.25) is 0 Å². The highest BCUT2D eigenvalue weighted by Gasteiger charge is 2.34. The molecule has 2 heterocycles. The maximum absolute atomic E-state index is 13.8. The number of halogens is 1. The molecule has 2 fully saturated rings. The number of amides is 1. The minimum atomic E-state index is -0.949. The van der Waals surface area contributed by atoms with Gasteiger partial charge in [-0.05, 0) is 49.1 Å². The lowest BCUT2D eigenvalue weighted by atomic mass is 9.82. The fourth-order valence-corrected chi connectivity index (χ4v) is 6.13. The molecule has 1 aliphatic heterocycles. The summed E-state index contributed by atoms with van der Waals surface area (Å²) in [5, 5.41) is 10.0. The van der Waals surface area contributed by atoms with Gasteiger partial charge in [-0.15, -0.1) is 11.3 Å². The number of nitrogens with one attached hydrogen (secondary N) is 1. The van der Waals surface area contributed by atoms with Crippen LogP contribution in [0.3, 0.4) is 0 Å². The van der Waals surface area contributed by atoms with Crippen molar-refractivity contribution in [3.05, 3.63) is 41.3 Å². The molecule has 7 heteroatoms. The van der Waals surface area contributed by atoms with E-state index in [0.29, 0.717) is 24.1 Å². The quantitative estimate of drug-likeness (QED) is 0.639. The summed E-state index contributed by atoms with van der Waals surface area (Å²) in [6, 6.07) is 11.8. The zero-order valence-corrected chi connectivity index (χ0v) is 21.1. The van der Waals surface area contributed by atoms with Gasteiger partial charge in [0.1, 0.15) is 4.88 Å². The largest absolute Gasteiger partial charge is 1.00 e. The molecule has 1 aromatic carbocycles. The van der Waals surface area contributed by atoms with E-state index in [1.54, 1.807) is 0 Å². The minimum Gasteiger partial charge on any atom is -1.00 e. The van der Waals surface area contributed by atoms with E-state index < -0.39 is 5.97 Å². The topological polar surface area (TPSA) is 62.1 Å². The molecule has 180 valence electrons. The van der Waals surface area contributed by atoms with Crippen LogP contribution in [-0.4, -0.2) is 43.7 Å². The number of thiophene rings is 1. The first-order chi connectivity index (χ1) is 15.4. The number of hydrogen-bond acceptors (Lipinski definition) is 3. The highest BCUT2D eigenvalue weighted by atomic mass is 35.5. The van der Waals surface area contributed by atoms with E-state index in [0.717, 1.165) is 62.1 Å². The Bertz CT molecular complexity index is 932. The van der Waals surface area contributed by atoms with Gasteiger partial charge >= 0.3 is 5.97 Å². The third kappa shape index (κ3) is 6.17. The highest BCUT2D eigenvalue weighted by molar-refractivity contribution is 7.18. The number of piperidine rings is 1. The maximum Gasteiger partial charge on any atom is 0.348 e. The number of carboxylic acid groups (broad SMARTS) is 1. The van der Waals surface area contributed by atoms with Gasteiger partial charge in [0, 0.05) is 30.2 Å². The van der Waals surface area contributed by atoms with Gasteiger partial charge in [0.05, 0.1) is 25.8 Å². The van der Waals surface area contributed by atoms with Crippen molar-refractivity contribution in [2.24, 2.45) is 17.8 Å². The minimum absolute atomic E-state index is 0. The second-order valence-electron chi connectivity index (χ2n) is 9.80. The Morgan fingerprint density at radius 3 is 2.30 bits per heavy atom. The van der Waals surface area contributed by atoms with E-state index >= 15 is 0 Å². The first-order valence-electron chi connectivity index (χ1n) is 12.0. The van der Waals surface area contributed by atoms with Crippen molar-refractivity contribution in [3.8, 4) is 10.4 Å². The average molecular weight is 491 g/mol. The van der Waals surface area contributed by atoms with Crippen LogP contribution in [-0.2, 0) is 4.79 Å². The summed E-state index contributed by atoms with van der Waals surface area (Å²) in [6.07, 6.45) is 6.13. The van der Waals surface area contributed by atoms with E-state index in [9.17, 15) is 14.7 Å². The van der Waals surface area contributed by atoms with Crippen molar-refractivity contribution < 1.29 is 32.0 Å². The summed E-state index contributed by atoms with van der Waals surface area (Å²) in [6.45, 7) is 5.10. The zero-order valence-electron chi connectivity index (χ0n) is 19.6. The lowest BCUT2D eigenvalue weighted by Crippen LogP contribution is -3.10. The molecule has 0 radical (unpaired) electrons. The number of hydrogen-bond donors (Lipinski definition) is 2. The molecular formula is C26H35ClN2O3S. The van der Waals surface area contributed by atoms with Crippen LogP contribution >= 0.6 is 11.3 Å². The molecule has 5 nitrogen and oxygen atoms in total.